The zero-order chi connectivity index (χ0) is 31.1. The molecule has 5 rings (SSSR count). The van der Waals surface area contributed by atoms with Gasteiger partial charge in [0.15, 0.2) is 0 Å². The molecule has 44 heavy (non-hydrogen) atoms. The van der Waals surface area contributed by atoms with Crippen LogP contribution in [0.15, 0.2) is 71.8 Å². The molecule has 0 N–H and O–H groups in total. The molecule has 2 heterocycles. The first kappa shape index (κ1) is 31.3. The third kappa shape index (κ3) is 7.15. The van der Waals surface area contributed by atoms with E-state index < -0.39 is 6.04 Å². The number of ether oxygens (including phenoxy) is 4. The lowest BCUT2D eigenvalue weighted by Gasteiger charge is -2.31. The van der Waals surface area contributed by atoms with Crippen molar-refractivity contribution in [3.8, 4) is 17.2 Å². The number of amides is 2. The Labute approximate surface area is 262 Å². The first-order chi connectivity index (χ1) is 21.4. The number of carbonyl (C=O) groups excluding carboxylic acids is 2. The molecule has 11 heteroatoms. The number of hydrogen-bond acceptors (Lipinski definition) is 8. The average molecular weight is 621 g/mol. The fourth-order valence-corrected chi connectivity index (χ4v) is 5.68. The summed E-state index contributed by atoms with van der Waals surface area (Å²) in [7, 11) is 4.75. The average Bonchev–Trinajstić information content (AvgIpc) is 3.52. The third-order valence-electron chi connectivity index (χ3n) is 7.89. The standard InChI is InChI=1S/C33H37ClN4O6/c1-41-24-10-8-23(9-11-24)33(40)37(15-14-36-16-18-44-19-17-36)22-32(39)38-30(27-20-25(42-2)12-13-31(27)43-3)21-29(35-38)26-6-4-5-7-28(26)34/h4-13,20,30H,14-19,21-22H2,1-3H3/t30-/m1/s1. The summed E-state index contributed by atoms with van der Waals surface area (Å²) in [4.78, 5) is 31.8. The first-order valence-corrected chi connectivity index (χ1v) is 14.9. The highest BCUT2D eigenvalue weighted by atomic mass is 35.5. The van der Waals surface area contributed by atoms with E-state index in [1.165, 1.54) is 5.01 Å². The maximum Gasteiger partial charge on any atom is 0.262 e. The van der Waals surface area contributed by atoms with Crippen LogP contribution in [0.3, 0.4) is 0 Å². The van der Waals surface area contributed by atoms with E-state index in [1.807, 2.05) is 30.3 Å². The second kappa shape index (κ2) is 14.6. The SMILES string of the molecule is COc1ccc(C(=O)N(CCN2CCOCC2)CC(=O)N2N=C(c3ccccc3Cl)C[C@@H]2c2cc(OC)ccc2OC)cc1. The number of rotatable bonds is 11. The van der Waals surface area contributed by atoms with E-state index in [-0.39, 0.29) is 18.4 Å². The summed E-state index contributed by atoms with van der Waals surface area (Å²) in [5.74, 6) is 1.29. The lowest BCUT2D eigenvalue weighted by molar-refractivity contribution is -0.133. The Morgan fingerprint density at radius 1 is 0.955 bits per heavy atom. The fourth-order valence-electron chi connectivity index (χ4n) is 5.43. The second-order valence-electron chi connectivity index (χ2n) is 10.5. The molecule has 3 aromatic carbocycles. The Bertz CT molecular complexity index is 1490. The summed E-state index contributed by atoms with van der Waals surface area (Å²) in [5, 5.41) is 6.80. The number of nitrogens with zero attached hydrogens (tertiary/aromatic N) is 4. The van der Waals surface area contributed by atoms with Crippen LogP contribution in [0.1, 0.15) is 33.9 Å². The van der Waals surface area contributed by atoms with Gasteiger partial charge in [0.05, 0.1) is 46.3 Å². The monoisotopic (exact) mass is 620 g/mol. The molecule has 2 amide bonds. The summed E-state index contributed by atoms with van der Waals surface area (Å²) in [6.45, 7) is 3.63. The highest BCUT2D eigenvalue weighted by Crippen LogP contribution is 2.40. The molecule has 0 aliphatic carbocycles. The lowest BCUT2D eigenvalue weighted by atomic mass is 9.97. The number of methoxy groups -OCH3 is 3. The number of hydrogen-bond donors (Lipinski definition) is 0. The van der Waals surface area contributed by atoms with Crippen molar-refractivity contribution in [1.29, 1.82) is 0 Å². The van der Waals surface area contributed by atoms with Crippen molar-refractivity contribution >= 4 is 29.1 Å². The maximum atomic E-state index is 14.2. The Morgan fingerprint density at radius 3 is 2.34 bits per heavy atom. The molecular formula is C33H37ClN4O6. The molecule has 0 radical (unpaired) electrons. The quantitative estimate of drug-likeness (QED) is 0.311. The van der Waals surface area contributed by atoms with E-state index >= 15 is 0 Å². The number of halogens is 1. The van der Waals surface area contributed by atoms with Crippen LogP contribution in [-0.4, -0.2) is 99.6 Å². The Hall–Kier alpha value is -4.12. The fraction of sp³-hybridized carbons (Fsp3) is 0.364. The van der Waals surface area contributed by atoms with Gasteiger partial charge in [0.25, 0.3) is 11.8 Å². The van der Waals surface area contributed by atoms with Crippen molar-refractivity contribution in [3.05, 3.63) is 88.4 Å². The molecule has 0 unspecified atom stereocenters. The van der Waals surface area contributed by atoms with E-state index in [4.69, 9.17) is 35.6 Å². The smallest absolute Gasteiger partial charge is 0.262 e. The van der Waals surface area contributed by atoms with Gasteiger partial charge < -0.3 is 23.8 Å². The van der Waals surface area contributed by atoms with E-state index in [1.54, 1.807) is 62.6 Å². The van der Waals surface area contributed by atoms with E-state index in [2.05, 4.69) is 4.90 Å². The van der Waals surface area contributed by atoms with Gasteiger partial charge in [-0.15, -0.1) is 0 Å². The molecule has 3 aromatic rings. The van der Waals surface area contributed by atoms with Gasteiger partial charge in [-0.05, 0) is 48.5 Å². The van der Waals surface area contributed by atoms with Gasteiger partial charge in [-0.3, -0.25) is 14.5 Å². The zero-order valence-corrected chi connectivity index (χ0v) is 26.0. The number of morpholine rings is 1. The van der Waals surface area contributed by atoms with Gasteiger partial charge in [-0.2, -0.15) is 5.10 Å². The van der Waals surface area contributed by atoms with Gasteiger partial charge in [0.2, 0.25) is 0 Å². The summed E-state index contributed by atoms with van der Waals surface area (Å²) in [6, 6.07) is 19.3. The Kier molecular flexibility index (Phi) is 10.4. The summed E-state index contributed by atoms with van der Waals surface area (Å²) in [6.07, 6.45) is 0.402. The first-order valence-electron chi connectivity index (χ1n) is 14.5. The Balaban J connectivity index is 1.47. The largest absolute Gasteiger partial charge is 0.497 e. The Morgan fingerprint density at radius 2 is 1.66 bits per heavy atom. The van der Waals surface area contributed by atoms with Gasteiger partial charge in [0, 0.05) is 54.3 Å². The minimum atomic E-state index is -0.504. The number of benzene rings is 3. The molecule has 0 aromatic heterocycles. The van der Waals surface area contributed by atoms with Crippen molar-refractivity contribution in [2.24, 2.45) is 5.10 Å². The molecule has 1 fully saturated rings. The molecule has 1 saturated heterocycles. The van der Waals surface area contributed by atoms with E-state index in [9.17, 15) is 9.59 Å². The molecule has 2 aliphatic rings. The summed E-state index contributed by atoms with van der Waals surface area (Å²) >= 11 is 6.56. The molecule has 232 valence electrons. The molecule has 0 bridgehead atoms. The van der Waals surface area contributed by atoms with Crippen molar-refractivity contribution < 1.29 is 28.5 Å². The summed E-state index contributed by atoms with van der Waals surface area (Å²) < 4.78 is 21.9. The highest BCUT2D eigenvalue weighted by molar-refractivity contribution is 6.34. The lowest BCUT2D eigenvalue weighted by Crippen LogP contribution is -2.46. The number of carbonyl (C=O) groups is 2. The molecule has 10 nitrogen and oxygen atoms in total. The van der Waals surface area contributed by atoms with Crippen molar-refractivity contribution in [2.45, 2.75) is 12.5 Å². The van der Waals surface area contributed by atoms with Crippen LogP contribution in [0.5, 0.6) is 17.2 Å². The predicted octanol–water partition coefficient (Wildman–Crippen LogP) is 4.52. The van der Waals surface area contributed by atoms with Crippen LogP contribution in [-0.2, 0) is 9.53 Å². The van der Waals surface area contributed by atoms with Crippen LogP contribution < -0.4 is 14.2 Å². The van der Waals surface area contributed by atoms with Crippen molar-refractivity contribution in [1.82, 2.24) is 14.8 Å². The second-order valence-corrected chi connectivity index (χ2v) is 10.9. The van der Waals surface area contributed by atoms with E-state index in [0.29, 0.717) is 66.3 Å². The molecule has 2 aliphatic heterocycles. The molecule has 1 atom stereocenters. The molecule has 0 spiro atoms. The van der Waals surface area contributed by atoms with Crippen LogP contribution >= 0.6 is 11.6 Å². The van der Waals surface area contributed by atoms with Crippen LogP contribution in [0, 0.1) is 0 Å². The summed E-state index contributed by atoms with van der Waals surface area (Å²) in [5.41, 5.74) is 2.62. The third-order valence-corrected chi connectivity index (χ3v) is 8.22. The molecule has 0 saturated carbocycles. The predicted molar refractivity (Wildman–Crippen MR) is 168 cm³/mol. The van der Waals surface area contributed by atoms with Gasteiger partial charge >= 0.3 is 0 Å². The maximum absolute atomic E-state index is 14.2. The van der Waals surface area contributed by atoms with E-state index in [0.717, 1.165) is 24.2 Å². The van der Waals surface area contributed by atoms with Crippen LogP contribution in [0.25, 0.3) is 0 Å². The van der Waals surface area contributed by atoms with Gasteiger partial charge in [-0.25, -0.2) is 5.01 Å². The van der Waals surface area contributed by atoms with Gasteiger partial charge in [0.1, 0.15) is 23.8 Å². The van der Waals surface area contributed by atoms with Crippen molar-refractivity contribution in [2.75, 3.05) is 67.3 Å². The number of hydrazone groups is 1. The zero-order valence-electron chi connectivity index (χ0n) is 25.2. The normalized spacial score (nSPS) is 16.8. The van der Waals surface area contributed by atoms with Crippen LogP contribution in [0.4, 0.5) is 0 Å². The van der Waals surface area contributed by atoms with Crippen molar-refractivity contribution in [3.63, 3.8) is 0 Å². The topological polar surface area (TPSA) is 93.1 Å². The minimum absolute atomic E-state index is 0.169. The molecular weight excluding hydrogens is 584 g/mol. The minimum Gasteiger partial charge on any atom is -0.497 e. The van der Waals surface area contributed by atoms with Gasteiger partial charge in [-0.1, -0.05) is 29.8 Å². The van der Waals surface area contributed by atoms with Crippen LogP contribution in [0.2, 0.25) is 5.02 Å². The highest BCUT2D eigenvalue weighted by Gasteiger charge is 2.37.